The van der Waals surface area contributed by atoms with Gasteiger partial charge in [0.2, 0.25) is 10.0 Å². The predicted molar refractivity (Wildman–Crippen MR) is 68.6 cm³/mol. The third-order valence-corrected chi connectivity index (χ3v) is 5.28. The van der Waals surface area contributed by atoms with Crippen LogP contribution in [0.5, 0.6) is 0 Å². The van der Waals surface area contributed by atoms with Gasteiger partial charge in [0.05, 0.1) is 6.54 Å². The number of hydrogen-bond donors (Lipinski definition) is 0. The van der Waals surface area contributed by atoms with Crippen LogP contribution in [0.25, 0.3) is 0 Å². The zero-order valence-electron chi connectivity index (χ0n) is 11.7. The fraction of sp³-hybridized carbons (Fsp3) is 0.667. The second kappa shape index (κ2) is 5.77. The molecule has 4 nitrogen and oxygen atoms in total. The monoisotopic (exact) mass is 313 g/mol. The van der Waals surface area contributed by atoms with Crippen LogP contribution in [0.1, 0.15) is 32.3 Å². The molecule has 0 aromatic carbocycles. The van der Waals surface area contributed by atoms with E-state index in [1.54, 1.807) is 19.1 Å². The molecule has 0 saturated carbocycles. The molecule has 0 bridgehead atoms. The molecule has 1 heterocycles. The molecular weight excluding hydrogens is 295 g/mol. The van der Waals surface area contributed by atoms with Gasteiger partial charge in [-0.1, -0.05) is 0 Å². The van der Waals surface area contributed by atoms with E-state index in [1.807, 2.05) is 0 Å². The van der Waals surface area contributed by atoms with Crippen molar-refractivity contribution in [3.8, 4) is 0 Å². The Morgan fingerprint density at radius 1 is 1.25 bits per heavy atom. The van der Waals surface area contributed by atoms with Crippen molar-refractivity contribution in [2.24, 2.45) is 0 Å². The molecule has 0 aliphatic heterocycles. The summed E-state index contributed by atoms with van der Waals surface area (Å²) in [7, 11) is -4.50. The van der Waals surface area contributed by atoms with Gasteiger partial charge in [-0.15, -0.1) is 0 Å². The average Bonchev–Trinajstić information content (AvgIpc) is 2.69. The van der Waals surface area contributed by atoms with E-state index in [-0.39, 0.29) is 6.54 Å². The summed E-state index contributed by atoms with van der Waals surface area (Å²) >= 11 is 0. The standard InChI is InChI=1S/C12H18F3NO3S/c1-8(2)16(7-11-6-5-9(3)19-11)20(17,18)10(4)12(13,14)15/h5-6,8,10H,7H2,1-4H3/t10-/m0/s1. The minimum Gasteiger partial charge on any atom is -0.465 e. The minimum absolute atomic E-state index is 0.214. The van der Waals surface area contributed by atoms with Crippen molar-refractivity contribution < 1.29 is 26.0 Å². The molecule has 116 valence electrons. The lowest BCUT2D eigenvalue weighted by Gasteiger charge is -2.29. The summed E-state index contributed by atoms with van der Waals surface area (Å²) < 4.78 is 68.3. The van der Waals surface area contributed by atoms with E-state index in [9.17, 15) is 21.6 Å². The molecule has 0 saturated heterocycles. The number of halogens is 3. The number of alkyl halides is 3. The molecule has 0 spiro atoms. The first-order chi connectivity index (χ1) is 8.96. The van der Waals surface area contributed by atoms with Crippen LogP contribution in [0.15, 0.2) is 16.5 Å². The summed E-state index contributed by atoms with van der Waals surface area (Å²) in [5.41, 5.74) is 0. The van der Waals surface area contributed by atoms with E-state index in [0.717, 1.165) is 4.31 Å². The molecule has 0 aliphatic carbocycles. The van der Waals surface area contributed by atoms with Crippen LogP contribution in [0.4, 0.5) is 13.2 Å². The Morgan fingerprint density at radius 3 is 2.15 bits per heavy atom. The van der Waals surface area contributed by atoms with Crippen molar-refractivity contribution in [3.05, 3.63) is 23.7 Å². The van der Waals surface area contributed by atoms with Crippen LogP contribution in [-0.2, 0) is 16.6 Å². The van der Waals surface area contributed by atoms with E-state index in [1.165, 1.54) is 13.8 Å². The molecule has 1 aromatic rings. The zero-order valence-corrected chi connectivity index (χ0v) is 12.5. The Hall–Kier alpha value is -1.02. The fourth-order valence-corrected chi connectivity index (χ4v) is 3.30. The first-order valence-corrected chi connectivity index (χ1v) is 7.59. The Kier molecular flexibility index (Phi) is 4.91. The highest BCUT2D eigenvalue weighted by atomic mass is 32.2. The minimum atomic E-state index is -4.80. The lowest BCUT2D eigenvalue weighted by molar-refractivity contribution is -0.127. The molecule has 0 aliphatic rings. The van der Waals surface area contributed by atoms with Crippen LogP contribution in [0.2, 0.25) is 0 Å². The predicted octanol–water partition coefficient (Wildman–Crippen LogP) is 3.08. The molecule has 0 amide bonds. The first kappa shape index (κ1) is 17.0. The number of furan rings is 1. The number of rotatable bonds is 5. The zero-order chi connectivity index (χ0) is 15.7. The topological polar surface area (TPSA) is 50.5 Å². The number of hydrogen-bond acceptors (Lipinski definition) is 3. The summed E-state index contributed by atoms with van der Waals surface area (Å²) in [4.78, 5) is 0. The van der Waals surface area contributed by atoms with Gasteiger partial charge in [-0.25, -0.2) is 8.42 Å². The van der Waals surface area contributed by atoms with Crippen LogP contribution in [0.3, 0.4) is 0 Å². The SMILES string of the molecule is Cc1ccc(CN(C(C)C)S(=O)(=O)[C@@H](C)C(F)(F)F)o1. The molecule has 0 radical (unpaired) electrons. The maximum atomic E-state index is 12.7. The molecule has 1 atom stereocenters. The van der Waals surface area contributed by atoms with Gasteiger partial charge < -0.3 is 4.42 Å². The molecule has 0 N–H and O–H groups in total. The van der Waals surface area contributed by atoms with Crippen molar-refractivity contribution in [3.63, 3.8) is 0 Å². The molecule has 1 aromatic heterocycles. The van der Waals surface area contributed by atoms with Gasteiger partial charge in [-0.05, 0) is 39.8 Å². The Bertz CT molecular complexity index is 549. The average molecular weight is 313 g/mol. The smallest absolute Gasteiger partial charge is 0.406 e. The van der Waals surface area contributed by atoms with Crippen LogP contribution in [0, 0.1) is 6.92 Å². The molecule has 0 fully saturated rings. The second-order valence-corrected chi connectivity index (χ2v) is 7.09. The second-order valence-electron chi connectivity index (χ2n) is 4.88. The van der Waals surface area contributed by atoms with E-state index in [0.29, 0.717) is 18.4 Å². The van der Waals surface area contributed by atoms with E-state index >= 15 is 0 Å². The molecule has 1 rings (SSSR count). The maximum absolute atomic E-state index is 12.7. The Balaban J connectivity index is 3.07. The summed E-state index contributed by atoms with van der Waals surface area (Å²) in [5, 5.41) is -2.45. The summed E-state index contributed by atoms with van der Waals surface area (Å²) in [6, 6.07) is 2.58. The normalized spacial score (nSPS) is 15.1. The van der Waals surface area contributed by atoms with Gasteiger partial charge in [-0.3, -0.25) is 0 Å². The van der Waals surface area contributed by atoms with E-state index in [2.05, 4.69) is 0 Å². The van der Waals surface area contributed by atoms with Crippen LogP contribution < -0.4 is 0 Å². The van der Waals surface area contributed by atoms with Gasteiger partial charge in [0.1, 0.15) is 11.5 Å². The lowest BCUT2D eigenvalue weighted by atomic mass is 10.3. The largest absolute Gasteiger partial charge is 0.465 e. The number of aryl methyl sites for hydroxylation is 1. The molecule has 8 heteroatoms. The molecular formula is C12H18F3NO3S. The lowest BCUT2D eigenvalue weighted by Crippen LogP contribution is -2.46. The van der Waals surface area contributed by atoms with Crippen molar-refractivity contribution in [1.29, 1.82) is 0 Å². The van der Waals surface area contributed by atoms with E-state index in [4.69, 9.17) is 4.42 Å². The first-order valence-electron chi connectivity index (χ1n) is 6.09. The highest BCUT2D eigenvalue weighted by molar-refractivity contribution is 7.89. The van der Waals surface area contributed by atoms with Gasteiger partial charge >= 0.3 is 6.18 Å². The Morgan fingerprint density at radius 2 is 1.80 bits per heavy atom. The van der Waals surface area contributed by atoms with Crippen molar-refractivity contribution >= 4 is 10.0 Å². The Labute approximate surface area is 116 Å². The van der Waals surface area contributed by atoms with Gasteiger partial charge in [0.15, 0.2) is 5.25 Å². The molecule has 20 heavy (non-hydrogen) atoms. The summed E-state index contributed by atoms with van der Waals surface area (Å²) in [6.45, 7) is 5.16. The fourth-order valence-electron chi connectivity index (χ4n) is 1.66. The van der Waals surface area contributed by atoms with Gasteiger partial charge in [0, 0.05) is 6.04 Å². The quantitative estimate of drug-likeness (QED) is 0.839. The van der Waals surface area contributed by atoms with Gasteiger partial charge in [0.25, 0.3) is 0 Å². The number of nitrogens with zero attached hydrogens (tertiary/aromatic N) is 1. The third-order valence-electron chi connectivity index (χ3n) is 2.92. The van der Waals surface area contributed by atoms with Crippen molar-refractivity contribution in [2.45, 2.75) is 51.7 Å². The van der Waals surface area contributed by atoms with Gasteiger partial charge in [-0.2, -0.15) is 17.5 Å². The maximum Gasteiger partial charge on any atom is 0.406 e. The number of sulfonamides is 1. The summed E-state index contributed by atoms with van der Waals surface area (Å²) in [5.74, 6) is 0.888. The van der Waals surface area contributed by atoms with Crippen LogP contribution >= 0.6 is 0 Å². The van der Waals surface area contributed by atoms with Crippen LogP contribution in [-0.4, -0.2) is 30.2 Å². The third kappa shape index (κ3) is 3.76. The highest BCUT2D eigenvalue weighted by Crippen LogP contribution is 2.29. The van der Waals surface area contributed by atoms with Crippen molar-refractivity contribution in [2.75, 3.05) is 0 Å². The molecule has 0 unspecified atom stereocenters. The summed E-state index contributed by atoms with van der Waals surface area (Å²) in [6.07, 6.45) is -4.80. The van der Waals surface area contributed by atoms with Crippen molar-refractivity contribution in [1.82, 2.24) is 4.31 Å². The highest BCUT2D eigenvalue weighted by Gasteiger charge is 2.48. The van der Waals surface area contributed by atoms with E-state index < -0.39 is 27.5 Å².